The van der Waals surface area contributed by atoms with Crippen LogP contribution in [0.4, 0.5) is 5.69 Å². The molecule has 2 aromatic carbocycles. The molecule has 0 bridgehead atoms. The van der Waals surface area contributed by atoms with Crippen molar-refractivity contribution in [3.8, 4) is 0 Å². The Kier molecular flexibility index (Phi) is 3.51. The number of hydrogen-bond donors (Lipinski definition) is 1. The molecule has 1 N–H and O–H groups in total. The first-order valence-corrected chi connectivity index (χ1v) is 9.05. The van der Waals surface area contributed by atoms with Gasteiger partial charge in [-0.1, -0.05) is 48.5 Å². The van der Waals surface area contributed by atoms with Gasteiger partial charge < -0.3 is 9.88 Å². The van der Waals surface area contributed by atoms with Crippen molar-refractivity contribution in [1.82, 2.24) is 9.97 Å². The lowest BCUT2D eigenvalue weighted by atomic mass is 9.90. The van der Waals surface area contributed by atoms with Crippen molar-refractivity contribution in [2.75, 3.05) is 11.4 Å². The summed E-state index contributed by atoms with van der Waals surface area (Å²) in [4.78, 5) is 21.7. The summed E-state index contributed by atoms with van der Waals surface area (Å²) in [6.07, 6.45) is 3.44. The molecule has 4 nitrogen and oxygen atoms in total. The summed E-state index contributed by atoms with van der Waals surface area (Å²) in [7, 11) is 0. The monoisotopic (exact) mass is 341 g/mol. The van der Waals surface area contributed by atoms with Crippen molar-refractivity contribution < 1.29 is 4.79 Å². The molecule has 2 aliphatic rings. The Morgan fingerprint density at radius 2 is 1.88 bits per heavy atom. The number of aryl methyl sites for hydroxylation is 1. The molecule has 2 heterocycles. The number of aromatic amines is 1. The van der Waals surface area contributed by atoms with Crippen LogP contribution in [0.1, 0.15) is 34.9 Å². The highest BCUT2D eigenvalue weighted by Gasteiger charge is 2.38. The first-order chi connectivity index (χ1) is 12.9. The second-order valence-corrected chi connectivity index (χ2v) is 6.97. The molecule has 1 aliphatic heterocycles. The van der Waals surface area contributed by atoms with Crippen LogP contribution < -0.4 is 4.90 Å². The van der Waals surface area contributed by atoms with E-state index in [0.29, 0.717) is 11.5 Å². The summed E-state index contributed by atoms with van der Waals surface area (Å²) in [6, 6.07) is 19.2. The van der Waals surface area contributed by atoms with Gasteiger partial charge in [0.2, 0.25) is 0 Å². The molecular formula is C22H19N3O. The number of nitrogens with zero attached hydrogens (tertiary/aromatic N) is 2. The molecule has 4 heteroatoms. The largest absolute Gasteiger partial charge is 0.362 e. The molecule has 1 aliphatic carbocycles. The third kappa shape index (κ3) is 2.23. The van der Waals surface area contributed by atoms with Gasteiger partial charge >= 0.3 is 0 Å². The van der Waals surface area contributed by atoms with Crippen LogP contribution in [0.2, 0.25) is 0 Å². The van der Waals surface area contributed by atoms with E-state index < -0.39 is 0 Å². The molecule has 128 valence electrons. The van der Waals surface area contributed by atoms with E-state index in [2.05, 4.69) is 75.4 Å². The van der Waals surface area contributed by atoms with Crippen LogP contribution in [0.5, 0.6) is 0 Å². The molecule has 26 heavy (non-hydrogen) atoms. The van der Waals surface area contributed by atoms with Gasteiger partial charge in [-0.2, -0.15) is 0 Å². The minimum Gasteiger partial charge on any atom is -0.362 e. The number of rotatable bonds is 2. The quantitative estimate of drug-likeness (QED) is 0.725. The van der Waals surface area contributed by atoms with E-state index >= 15 is 0 Å². The van der Waals surface area contributed by atoms with Crippen molar-refractivity contribution in [3.63, 3.8) is 0 Å². The number of H-pyrrole nitrogens is 1. The SMILES string of the molecule is O=C=C1c2[nH]cnc2CCC1N1CC(c2ccccc2)c2ccccc21. The van der Waals surface area contributed by atoms with Crippen molar-refractivity contribution >= 4 is 17.2 Å². The highest BCUT2D eigenvalue weighted by molar-refractivity contribution is 5.92. The molecular weight excluding hydrogens is 322 g/mol. The molecule has 5 rings (SSSR count). The van der Waals surface area contributed by atoms with Gasteiger partial charge in [-0.15, -0.1) is 0 Å². The predicted molar refractivity (Wildman–Crippen MR) is 102 cm³/mol. The van der Waals surface area contributed by atoms with Crippen molar-refractivity contribution in [1.29, 1.82) is 0 Å². The van der Waals surface area contributed by atoms with Gasteiger partial charge in [0.15, 0.2) is 0 Å². The molecule has 2 atom stereocenters. The summed E-state index contributed by atoms with van der Waals surface area (Å²) < 4.78 is 0. The van der Waals surface area contributed by atoms with Gasteiger partial charge in [0.25, 0.3) is 0 Å². The average molecular weight is 341 g/mol. The number of imidazole rings is 1. The fraction of sp³-hybridized carbons (Fsp3) is 0.227. The number of carbonyl (C=O) groups excluding carboxylic acids is 1. The van der Waals surface area contributed by atoms with E-state index in [4.69, 9.17) is 0 Å². The van der Waals surface area contributed by atoms with E-state index in [1.165, 1.54) is 16.8 Å². The van der Waals surface area contributed by atoms with Gasteiger partial charge in [-0.3, -0.25) is 0 Å². The molecule has 0 spiro atoms. The zero-order valence-electron chi connectivity index (χ0n) is 14.4. The maximum absolute atomic E-state index is 11.8. The summed E-state index contributed by atoms with van der Waals surface area (Å²) >= 11 is 0. The van der Waals surface area contributed by atoms with E-state index in [9.17, 15) is 4.79 Å². The van der Waals surface area contributed by atoms with Crippen LogP contribution in [0.25, 0.3) is 5.57 Å². The van der Waals surface area contributed by atoms with Crippen LogP contribution in [0.15, 0.2) is 60.9 Å². The number of hydrogen-bond acceptors (Lipinski definition) is 3. The predicted octanol–water partition coefficient (Wildman–Crippen LogP) is 3.59. The highest BCUT2D eigenvalue weighted by Crippen LogP contribution is 2.44. The maximum atomic E-state index is 11.8. The normalized spacial score (nSPS) is 21.2. The molecule has 0 amide bonds. The van der Waals surface area contributed by atoms with Gasteiger partial charge in [-0.05, 0) is 30.0 Å². The van der Waals surface area contributed by atoms with Crippen molar-refractivity contribution in [3.05, 3.63) is 83.4 Å². The fourth-order valence-corrected chi connectivity index (χ4v) is 4.46. The molecule has 0 radical (unpaired) electrons. The third-order valence-corrected chi connectivity index (χ3v) is 5.66. The lowest BCUT2D eigenvalue weighted by Gasteiger charge is -2.33. The van der Waals surface area contributed by atoms with Gasteiger partial charge in [0.05, 0.1) is 29.3 Å². The summed E-state index contributed by atoms with van der Waals surface area (Å²) in [5, 5.41) is 0. The minimum atomic E-state index is 0.0373. The third-order valence-electron chi connectivity index (χ3n) is 5.66. The Morgan fingerprint density at radius 1 is 1.08 bits per heavy atom. The highest BCUT2D eigenvalue weighted by atomic mass is 16.1. The summed E-state index contributed by atoms with van der Waals surface area (Å²) in [5.41, 5.74) is 6.41. The van der Waals surface area contributed by atoms with E-state index in [1.807, 2.05) is 0 Å². The zero-order valence-corrected chi connectivity index (χ0v) is 14.4. The van der Waals surface area contributed by atoms with Crippen LogP contribution in [0, 0.1) is 0 Å². The number of nitrogens with one attached hydrogen (secondary N) is 1. The number of aromatic nitrogens is 2. The summed E-state index contributed by atoms with van der Waals surface area (Å²) in [5.74, 6) is 2.54. The Labute approximate surface area is 152 Å². The topological polar surface area (TPSA) is 49.0 Å². The minimum absolute atomic E-state index is 0.0373. The number of para-hydroxylation sites is 1. The molecule has 2 unspecified atom stereocenters. The van der Waals surface area contributed by atoms with Crippen LogP contribution >= 0.6 is 0 Å². The van der Waals surface area contributed by atoms with Gasteiger partial charge in [0, 0.05) is 18.2 Å². The fourth-order valence-electron chi connectivity index (χ4n) is 4.46. The maximum Gasteiger partial charge on any atom is 0.132 e. The molecule has 1 aromatic heterocycles. The van der Waals surface area contributed by atoms with Crippen molar-refractivity contribution in [2.24, 2.45) is 0 Å². The number of anilines is 1. The smallest absolute Gasteiger partial charge is 0.132 e. The number of fused-ring (bicyclic) bond motifs is 2. The van der Waals surface area contributed by atoms with E-state index in [1.54, 1.807) is 6.33 Å². The lowest BCUT2D eigenvalue weighted by Crippen LogP contribution is -2.38. The average Bonchev–Trinajstić information content (AvgIpc) is 3.32. The van der Waals surface area contributed by atoms with Crippen LogP contribution in [-0.2, 0) is 11.2 Å². The lowest BCUT2D eigenvalue weighted by molar-refractivity contribution is 0.564. The molecule has 0 fully saturated rings. The Hall–Kier alpha value is -3.10. The molecule has 0 saturated heterocycles. The van der Waals surface area contributed by atoms with Crippen LogP contribution in [0.3, 0.4) is 0 Å². The Balaban J connectivity index is 1.58. The van der Waals surface area contributed by atoms with Gasteiger partial charge in [-0.25, -0.2) is 9.78 Å². The first-order valence-electron chi connectivity index (χ1n) is 9.05. The Morgan fingerprint density at radius 3 is 2.73 bits per heavy atom. The molecule has 3 aromatic rings. The molecule has 0 saturated carbocycles. The van der Waals surface area contributed by atoms with E-state index in [0.717, 1.165) is 30.8 Å². The van der Waals surface area contributed by atoms with Gasteiger partial charge in [0.1, 0.15) is 5.94 Å². The Bertz CT molecular complexity index is 1000. The van der Waals surface area contributed by atoms with Crippen LogP contribution in [-0.4, -0.2) is 28.5 Å². The van der Waals surface area contributed by atoms with E-state index in [-0.39, 0.29) is 6.04 Å². The first kappa shape index (κ1) is 15.2. The standard InChI is InChI=1S/C22H19N3O/c26-13-18-21(11-10-19-22(18)24-14-23-19)25-12-17(15-6-2-1-3-7-15)16-8-4-5-9-20(16)25/h1-9,14,17,21H,10-12H2,(H,23,24). The second kappa shape index (κ2) is 6.01. The second-order valence-electron chi connectivity index (χ2n) is 6.97. The van der Waals surface area contributed by atoms with Crippen molar-refractivity contribution in [2.45, 2.75) is 24.8 Å². The number of benzene rings is 2. The zero-order chi connectivity index (χ0) is 17.5. The summed E-state index contributed by atoms with van der Waals surface area (Å²) in [6.45, 7) is 0.878.